The molecule has 6 heterocycles. The van der Waals surface area contributed by atoms with Gasteiger partial charge in [0.15, 0.2) is 11.5 Å². The number of ether oxygens (including phenoxy) is 1. The molecule has 2 saturated heterocycles. The van der Waals surface area contributed by atoms with Gasteiger partial charge in [0.05, 0.1) is 41.6 Å². The Morgan fingerprint density at radius 2 is 1.83 bits per heavy atom. The summed E-state index contributed by atoms with van der Waals surface area (Å²) in [7, 11) is -3.87. The number of likely N-dealkylation sites (N-methyl/N-ethyl adjacent to an activating group) is 1. The lowest BCUT2D eigenvalue weighted by atomic mass is 10.1. The van der Waals surface area contributed by atoms with Crippen LogP contribution in [0.15, 0.2) is 59.8 Å². The van der Waals surface area contributed by atoms with Gasteiger partial charge in [-0.1, -0.05) is 24.6 Å². The van der Waals surface area contributed by atoms with Gasteiger partial charge in [0.25, 0.3) is 10.0 Å². The van der Waals surface area contributed by atoms with Crippen molar-refractivity contribution in [1.82, 2.24) is 33.6 Å². The van der Waals surface area contributed by atoms with Crippen LogP contribution in [0.2, 0.25) is 0 Å². The lowest BCUT2D eigenvalue weighted by Gasteiger charge is -2.34. The molecule has 0 radical (unpaired) electrons. The fraction of sp³-hybridized carbons (Fsp3) is 0.412. The average molecular weight is 641 g/mol. The molecule has 2 fully saturated rings. The molecule has 7 rings (SSSR count). The summed E-state index contributed by atoms with van der Waals surface area (Å²) in [5.41, 5.74) is 5.84. The predicted molar refractivity (Wildman–Crippen MR) is 179 cm³/mol. The zero-order chi connectivity index (χ0) is 32.2. The Kier molecular flexibility index (Phi) is 7.90. The Bertz CT molecular complexity index is 2020. The van der Waals surface area contributed by atoms with Gasteiger partial charge in [-0.3, -0.25) is 4.68 Å². The summed E-state index contributed by atoms with van der Waals surface area (Å²) in [6, 6.07) is 13.0. The number of hydrogen-bond acceptors (Lipinski definition) is 9. The van der Waals surface area contributed by atoms with Crippen LogP contribution in [0.5, 0.6) is 0 Å². The van der Waals surface area contributed by atoms with Crippen LogP contribution in [0, 0.1) is 20.8 Å². The van der Waals surface area contributed by atoms with E-state index < -0.39 is 10.0 Å². The van der Waals surface area contributed by atoms with Crippen LogP contribution in [0.3, 0.4) is 0 Å². The van der Waals surface area contributed by atoms with Crippen molar-refractivity contribution in [3.8, 4) is 22.6 Å². The standard InChI is InChI=1S/C34H40N8O3S/c1-6-39-15-12-26(20-39)42-25(5)32(24(4)38-42)30-19-31(40-17-18-45-21-23(40)3)37-33(36-30)28-11-14-35-34-29(28)13-16-41(34)46(43,44)27-9-7-22(2)8-10-27/h7-11,13-14,16,19,23,26H,6,12,15,17-18,20-21H2,1-5H3/t23-,26?/m1/s1. The fourth-order valence-electron chi connectivity index (χ4n) is 6.81. The van der Waals surface area contributed by atoms with E-state index in [0.717, 1.165) is 60.1 Å². The third-order valence-electron chi connectivity index (χ3n) is 9.37. The maximum Gasteiger partial charge on any atom is 0.269 e. The van der Waals surface area contributed by atoms with Crippen LogP contribution in [-0.4, -0.2) is 87.5 Å². The number of hydrogen-bond donors (Lipinski definition) is 0. The first-order valence-corrected chi connectivity index (χ1v) is 17.4. The Morgan fingerprint density at radius 1 is 1.02 bits per heavy atom. The molecule has 0 saturated carbocycles. The summed E-state index contributed by atoms with van der Waals surface area (Å²) in [5, 5.41) is 5.69. The molecule has 2 atom stereocenters. The number of benzene rings is 1. The highest BCUT2D eigenvalue weighted by Gasteiger charge is 2.29. The number of morpholine rings is 1. The average Bonchev–Trinajstić information content (AvgIpc) is 3.78. The highest BCUT2D eigenvalue weighted by atomic mass is 32.2. The first-order valence-electron chi connectivity index (χ1n) is 16.0. The third kappa shape index (κ3) is 5.27. The van der Waals surface area contributed by atoms with Gasteiger partial charge in [0.2, 0.25) is 0 Å². The number of aryl methyl sites for hydroxylation is 2. The Labute approximate surface area is 269 Å². The molecule has 240 valence electrons. The van der Waals surface area contributed by atoms with Crippen LogP contribution >= 0.6 is 0 Å². The molecule has 0 bridgehead atoms. The minimum atomic E-state index is -3.87. The van der Waals surface area contributed by atoms with E-state index in [1.165, 1.54) is 3.97 Å². The van der Waals surface area contributed by atoms with E-state index in [1.807, 2.05) is 19.9 Å². The molecule has 2 aliphatic rings. The Balaban J connectivity index is 1.37. The first-order chi connectivity index (χ1) is 22.2. The van der Waals surface area contributed by atoms with Crippen molar-refractivity contribution in [3.63, 3.8) is 0 Å². The summed E-state index contributed by atoms with van der Waals surface area (Å²) in [5.74, 6) is 1.31. The quantitative estimate of drug-likeness (QED) is 0.242. The monoisotopic (exact) mass is 640 g/mol. The minimum Gasteiger partial charge on any atom is -0.377 e. The van der Waals surface area contributed by atoms with Gasteiger partial charge in [-0.15, -0.1) is 0 Å². The molecular formula is C34H40N8O3S. The summed E-state index contributed by atoms with van der Waals surface area (Å²) in [6.45, 7) is 15.5. The van der Waals surface area contributed by atoms with E-state index in [-0.39, 0.29) is 10.9 Å². The fourth-order valence-corrected chi connectivity index (χ4v) is 8.11. The van der Waals surface area contributed by atoms with Gasteiger partial charge in [-0.2, -0.15) is 5.10 Å². The van der Waals surface area contributed by atoms with Gasteiger partial charge in [0.1, 0.15) is 5.82 Å². The van der Waals surface area contributed by atoms with Crippen molar-refractivity contribution in [2.45, 2.75) is 58.0 Å². The van der Waals surface area contributed by atoms with Crippen LogP contribution in [-0.2, 0) is 14.8 Å². The SMILES string of the molecule is CCN1CCC(n2nc(C)c(-c3cc(N4CCOC[C@H]4C)nc(-c4ccnc5c4ccn5S(=O)(=O)c4ccc(C)cc4)n3)c2C)C1. The van der Waals surface area contributed by atoms with Crippen LogP contribution in [0.1, 0.15) is 43.3 Å². The van der Waals surface area contributed by atoms with Crippen molar-refractivity contribution < 1.29 is 13.2 Å². The molecule has 1 unspecified atom stereocenters. The second-order valence-electron chi connectivity index (χ2n) is 12.4. The molecule has 4 aromatic heterocycles. The van der Waals surface area contributed by atoms with Gasteiger partial charge < -0.3 is 14.5 Å². The molecule has 1 aromatic carbocycles. The van der Waals surface area contributed by atoms with E-state index in [2.05, 4.69) is 46.3 Å². The Hall–Kier alpha value is -4.13. The van der Waals surface area contributed by atoms with E-state index in [9.17, 15) is 8.42 Å². The van der Waals surface area contributed by atoms with Gasteiger partial charge in [0, 0.05) is 60.3 Å². The molecule has 2 aliphatic heterocycles. The Morgan fingerprint density at radius 3 is 2.57 bits per heavy atom. The van der Waals surface area contributed by atoms with Crippen molar-refractivity contribution in [1.29, 1.82) is 0 Å². The highest BCUT2D eigenvalue weighted by molar-refractivity contribution is 7.90. The smallest absolute Gasteiger partial charge is 0.269 e. The molecule has 5 aromatic rings. The molecule has 11 nitrogen and oxygen atoms in total. The summed E-state index contributed by atoms with van der Waals surface area (Å²) in [6.07, 6.45) is 4.25. The van der Waals surface area contributed by atoms with Crippen LogP contribution in [0.25, 0.3) is 33.7 Å². The lowest BCUT2D eigenvalue weighted by Crippen LogP contribution is -2.44. The molecule has 46 heavy (non-hydrogen) atoms. The summed E-state index contributed by atoms with van der Waals surface area (Å²) in [4.78, 5) is 19.7. The number of fused-ring (bicyclic) bond motifs is 1. The van der Waals surface area contributed by atoms with Crippen LogP contribution < -0.4 is 4.90 Å². The van der Waals surface area contributed by atoms with Gasteiger partial charge in [-0.25, -0.2) is 27.3 Å². The first kappa shape index (κ1) is 30.5. The van der Waals surface area contributed by atoms with E-state index in [1.54, 1.807) is 42.7 Å². The van der Waals surface area contributed by atoms with E-state index >= 15 is 0 Å². The number of nitrogens with zero attached hydrogens (tertiary/aromatic N) is 8. The normalized spacial score (nSPS) is 19.4. The van der Waals surface area contributed by atoms with Gasteiger partial charge in [-0.05, 0) is 64.9 Å². The van der Waals surface area contributed by atoms with Crippen molar-refractivity contribution in [2.75, 3.05) is 44.3 Å². The lowest BCUT2D eigenvalue weighted by molar-refractivity contribution is 0.0985. The molecular weight excluding hydrogens is 600 g/mol. The number of aromatic nitrogens is 6. The number of likely N-dealkylation sites (tertiary alicyclic amines) is 1. The van der Waals surface area contributed by atoms with Crippen molar-refractivity contribution in [2.24, 2.45) is 0 Å². The summed E-state index contributed by atoms with van der Waals surface area (Å²) >= 11 is 0. The van der Waals surface area contributed by atoms with E-state index in [4.69, 9.17) is 19.8 Å². The molecule has 0 aliphatic carbocycles. The second kappa shape index (κ2) is 11.9. The zero-order valence-corrected chi connectivity index (χ0v) is 27.8. The molecule has 12 heteroatoms. The van der Waals surface area contributed by atoms with Crippen LogP contribution in [0.4, 0.5) is 5.82 Å². The zero-order valence-electron chi connectivity index (χ0n) is 27.0. The van der Waals surface area contributed by atoms with E-state index in [0.29, 0.717) is 48.2 Å². The number of rotatable bonds is 7. The van der Waals surface area contributed by atoms with Crippen molar-refractivity contribution >= 4 is 26.9 Å². The third-order valence-corrected chi connectivity index (χ3v) is 11.0. The largest absolute Gasteiger partial charge is 0.377 e. The maximum absolute atomic E-state index is 13.7. The number of anilines is 1. The highest BCUT2D eigenvalue weighted by Crippen LogP contribution is 2.36. The topological polar surface area (TPSA) is 111 Å². The summed E-state index contributed by atoms with van der Waals surface area (Å²) < 4.78 is 36.5. The minimum absolute atomic E-state index is 0.131. The van der Waals surface area contributed by atoms with Gasteiger partial charge >= 0.3 is 0 Å². The van der Waals surface area contributed by atoms with Crippen molar-refractivity contribution in [3.05, 3.63) is 71.8 Å². The number of pyridine rings is 1. The predicted octanol–water partition coefficient (Wildman–Crippen LogP) is 5.01. The molecule has 0 amide bonds. The molecule has 0 spiro atoms. The second-order valence-corrected chi connectivity index (χ2v) is 14.2. The maximum atomic E-state index is 13.7. The molecule has 0 N–H and O–H groups in total.